The van der Waals surface area contributed by atoms with Crippen LogP contribution < -0.4 is 4.74 Å². The number of nitrogens with zero attached hydrogens (tertiary/aromatic N) is 1. The predicted octanol–water partition coefficient (Wildman–Crippen LogP) is 2.46. The van der Waals surface area contributed by atoms with Crippen LogP contribution in [0.3, 0.4) is 0 Å². The zero-order chi connectivity index (χ0) is 16.0. The molecule has 0 spiro atoms. The Morgan fingerprint density at radius 1 is 1.33 bits per heavy atom. The van der Waals surface area contributed by atoms with Gasteiger partial charge in [0.05, 0.1) is 34.4 Å². The van der Waals surface area contributed by atoms with Gasteiger partial charge in [0.25, 0.3) is 0 Å². The molecule has 0 atom stereocenters. The van der Waals surface area contributed by atoms with Crippen LogP contribution in [-0.2, 0) is 13.8 Å². The minimum absolute atomic E-state index is 0.00657. The van der Waals surface area contributed by atoms with Crippen molar-refractivity contribution in [3.05, 3.63) is 32.5 Å². The quantitative estimate of drug-likeness (QED) is 0.285. The lowest BCUT2D eigenvalue weighted by Crippen LogP contribution is -2.12. The molecular formula is C10H10BrClFNO6S. The Morgan fingerprint density at radius 2 is 2.00 bits per heavy atom. The smallest absolute Gasteiger partial charge is 0.315 e. The summed E-state index contributed by atoms with van der Waals surface area (Å²) in [5.41, 5.74) is -0.523. The Morgan fingerprint density at radius 3 is 2.57 bits per heavy atom. The zero-order valence-electron chi connectivity index (χ0n) is 10.4. The van der Waals surface area contributed by atoms with Gasteiger partial charge in [-0.15, -0.1) is 0 Å². The van der Waals surface area contributed by atoms with Gasteiger partial charge in [0.15, 0.2) is 0 Å². The van der Waals surface area contributed by atoms with Crippen LogP contribution in [0.2, 0.25) is 0 Å². The van der Waals surface area contributed by atoms with Crippen molar-refractivity contribution in [2.45, 2.75) is 0 Å². The molecule has 0 aliphatic rings. The molecule has 0 N–H and O–H groups in total. The summed E-state index contributed by atoms with van der Waals surface area (Å²) >= 11 is 2.97. The van der Waals surface area contributed by atoms with Crippen LogP contribution in [0.25, 0.3) is 0 Å². The molecule has 1 aromatic rings. The standard InChI is InChI=1S/C10H10BrClFNO6S/c11-8-5-7(13)6-9(14(15)16)10(8)20-2-1-19-3-4-21(12,17)18/h5-6H,1-4H2. The van der Waals surface area contributed by atoms with E-state index >= 15 is 0 Å². The van der Waals surface area contributed by atoms with Crippen molar-refractivity contribution in [2.24, 2.45) is 0 Å². The summed E-state index contributed by atoms with van der Waals surface area (Å²) in [5, 5.41) is 10.8. The molecule has 1 rings (SSSR count). The van der Waals surface area contributed by atoms with Crippen LogP contribution in [-0.4, -0.2) is 38.9 Å². The molecule has 118 valence electrons. The molecule has 0 bridgehead atoms. The summed E-state index contributed by atoms with van der Waals surface area (Å²) in [4.78, 5) is 10.0. The molecule has 7 nitrogen and oxygen atoms in total. The van der Waals surface area contributed by atoms with Gasteiger partial charge in [0, 0.05) is 10.7 Å². The predicted molar refractivity (Wildman–Crippen MR) is 76.7 cm³/mol. The molecule has 1 aromatic carbocycles. The van der Waals surface area contributed by atoms with E-state index in [2.05, 4.69) is 15.9 Å². The van der Waals surface area contributed by atoms with Gasteiger partial charge in [0.1, 0.15) is 12.4 Å². The fourth-order valence-electron chi connectivity index (χ4n) is 1.29. The molecule has 0 unspecified atom stereocenters. The SMILES string of the molecule is O=[N+]([O-])c1cc(F)cc(Br)c1OCCOCCS(=O)(=O)Cl. The minimum atomic E-state index is -3.62. The normalized spacial score (nSPS) is 11.4. The maximum atomic E-state index is 13.1. The van der Waals surface area contributed by atoms with E-state index in [0.717, 1.165) is 12.1 Å². The molecule has 0 radical (unpaired) electrons. The maximum Gasteiger partial charge on any atom is 0.315 e. The lowest BCUT2D eigenvalue weighted by Gasteiger charge is -2.09. The van der Waals surface area contributed by atoms with Crippen molar-refractivity contribution in [3.8, 4) is 5.75 Å². The van der Waals surface area contributed by atoms with E-state index in [9.17, 15) is 22.9 Å². The molecular weight excluding hydrogens is 397 g/mol. The Labute approximate surface area is 132 Å². The molecule has 0 amide bonds. The van der Waals surface area contributed by atoms with Crippen molar-refractivity contribution < 1.29 is 27.2 Å². The third-order valence-electron chi connectivity index (χ3n) is 2.13. The first kappa shape index (κ1) is 18.1. The van der Waals surface area contributed by atoms with Crippen LogP contribution >= 0.6 is 26.6 Å². The van der Waals surface area contributed by atoms with Gasteiger partial charge in [-0.3, -0.25) is 10.1 Å². The fraction of sp³-hybridized carbons (Fsp3) is 0.400. The molecule has 0 heterocycles. The fourth-order valence-corrected chi connectivity index (χ4v) is 2.33. The summed E-state index contributed by atoms with van der Waals surface area (Å²) in [6, 6.07) is 1.77. The number of hydrogen-bond acceptors (Lipinski definition) is 6. The van der Waals surface area contributed by atoms with Gasteiger partial charge in [-0.1, -0.05) is 0 Å². The molecule has 0 saturated carbocycles. The monoisotopic (exact) mass is 405 g/mol. The maximum absolute atomic E-state index is 13.1. The Kier molecular flexibility index (Phi) is 6.78. The summed E-state index contributed by atoms with van der Waals surface area (Å²) in [7, 11) is 1.35. The number of nitro benzene ring substituents is 1. The van der Waals surface area contributed by atoms with Gasteiger partial charge in [-0.25, -0.2) is 12.8 Å². The Hall–Kier alpha value is -0.970. The summed E-state index contributed by atoms with van der Waals surface area (Å²) in [6.45, 7) is -0.206. The first-order valence-corrected chi connectivity index (χ1v) is 8.74. The van der Waals surface area contributed by atoms with E-state index in [0.29, 0.717) is 0 Å². The third-order valence-corrected chi connectivity index (χ3v) is 3.84. The van der Waals surface area contributed by atoms with Crippen LogP contribution in [0, 0.1) is 15.9 Å². The second kappa shape index (κ2) is 7.87. The zero-order valence-corrected chi connectivity index (χ0v) is 13.6. The first-order chi connectivity index (χ1) is 9.70. The highest BCUT2D eigenvalue weighted by molar-refractivity contribution is 9.10. The largest absolute Gasteiger partial charge is 0.484 e. The van der Waals surface area contributed by atoms with Crippen molar-refractivity contribution >= 4 is 41.4 Å². The highest BCUT2D eigenvalue weighted by Gasteiger charge is 2.20. The number of halogens is 3. The lowest BCUT2D eigenvalue weighted by atomic mass is 10.3. The highest BCUT2D eigenvalue weighted by atomic mass is 79.9. The minimum Gasteiger partial charge on any atom is -0.484 e. The number of nitro groups is 1. The Balaban J connectivity index is 2.54. The van der Waals surface area contributed by atoms with Crippen molar-refractivity contribution in [3.63, 3.8) is 0 Å². The number of hydrogen-bond donors (Lipinski definition) is 0. The second-order valence-corrected chi connectivity index (χ2v) is 7.45. The lowest BCUT2D eigenvalue weighted by molar-refractivity contribution is -0.386. The topological polar surface area (TPSA) is 95.7 Å². The van der Waals surface area contributed by atoms with Crippen molar-refractivity contribution in [1.82, 2.24) is 0 Å². The summed E-state index contributed by atoms with van der Waals surface area (Å²) in [6.07, 6.45) is 0. The molecule has 0 aliphatic carbocycles. The molecule has 0 aliphatic heterocycles. The van der Waals surface area contributed by atoms with Crippen LogP contribution in [0.1, 0.15) is 0 Å². The number of rotatable bonds is 8. The molecule has 11 heteroatoms. The Bertz CT molecular complexity index is 626. The van der Waals surface area contributed by atoms with Gasteiger partial charge < -0.3 is 9.47 Å². The van der Waals surface area contributed by atoms with Gasteiger partial charge in [0.2, 0.25) is 14.8 Å². The van der Waals surface area contributed by atoms with Crippen LogP contribution in [0.5, 0.6) is 5.75 Å². The molecule has 0 fully saturated rings. The van der Waals surface area contributed by atoms with Gasteiger partial charge in [-0.05, 0) is 22.0 Å². The average Bonchev–Trinajstić information content (AvgIpc) is 2.33. The van der Waals surface area contributed by atoms with Crippen LogP contribution in [0.4, 0.5) is 10.1 Å². The number of ether oxygens (including phenoxy) is 2. The van der Waals surface area contributed by atoms with Crippen LogP contribution in [0.15, 0.2) is 16.6 Å². The highest BCUT2D eigenvalue weighted by Crippen LogP contribution is 2.35. The van der Waals surface area contributed by atoms with E-state index in [1.54, 1.807) is 0 Å². The molecule has 0 aromatic heterocycles. The van der Waals surface area contributed by atoms with E-state index in [-0.39, 0.29) is 35.8 Å². The third kappa shape index (κ3) is 6.55. The van der Waals surface area contributed by atoms with Crippen molar-refractivity contribution in [1.29, 1.82) is 0 Å². The molecule has 21 heavy (non-hydrogen) atoms. The van der Waals surface area contributed by atoms with Gasteiger partial charge in [-0.2, -0.15) is 0 Å². The van der Waals surface area contributed by atoms with Crippen molar-refractivity contribution in [2.75, 3.05) is 25.6 Å². The van der Waals surface area contributed by atoms with Gasteiger partial charge >= 0.3 is 5.69 Å². The number of benzene rings is 1. The summed E-state index contributed by atoms with van der Waals surface area (Å²) < 4.78 is 44.5. The average molecular weight is 407 g/mol. The first-order valence-electron chi connectivity index (χ1n) is 5.47. The van der Waals surface area contributed by atoms with E-state index in [4.69, 9.17) is 20.2 Å². The van der Waals surface area contributed by atoms with E-state index < -0.39 is 25.5 Å². The van der Waals surface area contributed by atoms with E-state index in [1.165, 1.54) is 0 Å². The second-order valence-electron chi connectivity index (χ2n) is 3.70. The van der Waals surface area contributed by atoms with E-state index in [1.807, 2.05) is 0 Å². The summed E-state index contributed by atoms with van der Waals surface area (Å²) in [5.74, 6) is -1.26. The molecule has 0 saturated heterocycles.